The van der Waals surface area contributed by atoms with Crippen molar-refractivity contribution in [2.24, 2.45) is 11.8 Å². The van der Waals surface area contributed by atoms with Crippen LogP contribution < -0.4 is 0 Å². The van der Waals surface area contributed by atoms with Crippen LogP contribution in [0.25, 0.3) is 0 Å². The Kier molecular flexibility index (Phi) is 7.06. The van der Waals surface area contributed by atoms with E-state index in [1.807, 2.05) is 6.08 Å². The highest BCUT2D eigenvalue weighted by Gasteiger charge is 2.19. The van der Waals surface area contributed by atoms with Gasteiger partial charge in [-0.05, 0) is 19.8 Å². The highest BCUT2D eigenvalue weighted by molar-refractivity contribution is 5.87. The first kappa shape index (κ1) is 15.2. The van der Waals surface area contributed by atoms with Crippen molar-refractivity contribution in [1.82, 2.24) is 0 Å². The molecule has 3 nitrogen and oxygen atoms in total. The van der Waals surface area contributed by atoms with Crippen molar-refractivity contribution < 1.29 is 14.3 Å². The highest BCUT2D eigenvalue weighted by atomic mass is 16.5. The number of carbonyl (C=O) groups excluding carboxylic acids is 1. The molecule has 0 saturated heterocycles. The molecule has 0 unspecified atom stereocenters. The zero-order valence-electron chi connectivity index (χ0n) is 11.2. The molecule has 0 N–H and O–H groups in total. The molecule has 0 saturated carbocycles. The first-order valence-electron chi connectivity index (χ1n) is 5.82. The second-order valence-electron chi connectivity index (χ2n) is 4.37. The molecule has 3 heteroatoms. The molecule has 0 amide bonds. The average molecular weight is 228 g/mol. The van der Waals surface area contributed by atoms with Crippen LogP contribution in [0.4, 0.5) is 0 Å². The smallest absolute Gasteiger partial charge is 0.333 e. The van der Waals surface area contributed by atoms with Crippen LogP contribution in [0, 0.1) is 11.8 Å². The Labute approximate surface area is 98.8 Å². The van der Waals surface area contributed by atoms with Crippen molar-refractivity contribution in [3.8, 4) is 0 Å². The molecular formula is C13H24O3. The number of methoxy groups -OCH3 is 1. The maximum atomic E-state index is 11.4. The Bertz CT molecular complexity index is 244. The lowest BCUT2D eigenvalue weighted by Gasteiger charge is -2.24. The molecule has 0 aromatic rings. The zero-order valence-corrected chi connectivity index (χ0v) is 11.2. The number of ether oxygens (including phenoxy) is 2. The molecule has 0 aliphatic rings. The maximum absolute atomic E-state index is 11.4. The van der Waals surface area contributed by atoms with E-state index in [4.69, 9.17) is 9.47 Å². The minimum Gasteiger partial charge on any atom is -0.463 e. The summed E-state index contributed by atoms with van der Waals surface area (Å²) in [6, 6.07) is 0. The molecule has 0 aliphatic carbocycles. The molecule has 0 bridgehead atoms. The lowest BCUT2D eigenvalue weighted by atomic mass is 9.93. The van der Waals surface area contributed by atoms with Gasteiger partial charge in [0.1, 0.15) is 0 Å². The van der Waals surface area contributed by atoms with Crippen LogP contribution in [0.2, 0.25) is 0 Å². The van der Waals surface area contributed by atoms with Gasteiger partial charge >= 0.3 is 5.97 Å². The molecule has 0 aliphatic heterocycles. The summed E-state index contributed by atoms with van der Waals surface area (Å²) in [7, 11) is 1.70. The zero-order chi connectivity index (χ0) is 12.7. The van der Waals surface area contributed by atoms with E-state index < -0.39 is 0 Å². The van der Waals surface area contributed by atoms with Crippen molar-refractivity contribution >= 4 is 5.97 Å². The van der Waals surface area contributed by atoms with E-state index in [1.165, 1.54) is 0 Å². The van der Waals surface area contributed by atoms with E-state index in [0.717, 1.165) is 0 Å². The van der Waals surface area contributed by atoms with Crippen LogP contribution in [0.15, 0.2) is 11.6 Å². The second kappa shape index (κ2) is 7.44. The number of esters is 1. The van der Waals surface area contributed by atoms with Gasteiger partial charge < -0.3 is 9.47 Å². The van der Waals surface area contributed by atoms with Crippen molar-refractivity contribution in [1.29, 1.82) is 0 Å². The largest absolute Gasteiger partial charge is 0.463 e. The van der Waals surface area contributed by atoms with E-state index in [-0.39, 0.29) is 18.0 Å². The van der Waals surface area contributed by atoms with Crippen molar-refractivity contribution in [2.75, 3.05) is 13.7 Å². The molecule has 0 spiro atoms. The first-order chi connectivity index (χ1) is 7.43. The lowest BCUT2D eigenvalue weighted by Crippen LogP contribution is -2.25. The Hall–Kier alpha value is -0.830. The van der Waals surface area contributed by atoms with E-state index >= 15 is 0 Å². The van der Waals surface area contributed by atoms with Crippen molar-refractivity contribution in [3.63, 3.8) is 0 Å². The standard InChI is InChI=1S/C13H24O3/c1-7-16-13(14)11(5)8-10(4)12(15-6)9(2)3/h8-10,12H,7H2,1-6H3/b11-8+/t10-,12+/m1/s1. The lowest BCUT2D eigenvalue weighted by molar-refractivity contribution is -0.138. The van der Waals surface area contributed by atoms with Crippen LogP contribution in [-0.2, 0) is 14.3 Å². The first-order valence-corrected chi connectivity index (χ1v) is 5.82. The van der Waals surface area contributed by atoms with Crippen LogP contribution in [-0.4, -0.2) is 25.8 Å². The average Bonchev–Trinajstić information content (AvgIpc) is 2.18. The van der Waals surface area contributed by atoms with Gasteiger partial charge in [-0.1, -0.05) is 26.8 Å². The monoisotopic (exact) mass is 228 g/mol. The van der Waals surface area contributed by atoms with E-state index in [2.05, 4.69) is 20.8 Å². The molecule has 0 aromatic carbocycles. The summed E-state index contributed by atoms with van der Waals surface area (Å²) in [5.74, 6) is 0.383. The summed E-state index contributed by atoms with van der Waals surface area (Å²) >= 11 is 0. The van der Waals surface area contributed by atoms with Gasteiger partial charge in [0.15, 0.2) is 0 Å². The number of carbonyl (C=O) groups is 1. The van der Waals surface area contributed by atoms with E-state index in [0.29, 0.717) is 18.1 Å². The summed E-state index contributed by atoms with van der Waals surface area (Å²) in [5, 5.41) is 0. The normalized spacial score (nSPS) is 16.1. The number of hydrogen-bond donors (Lipinski definition) is 0. The fourth-order valence-electron chi connectivity index (χ4n) is 1.90. The molecule has 16 heavy (non-hydrogen) atoms. The Morgan fingerprint density at radius 3 is 2.25 bits per heavy atom. The van der Waals surface area contributed by atoms with E-state index in [1.54, 1.807) is 21.0 Å². The fraction of sp³-hybridized carbons (Fsp3) is 0.769. The van der Waals surface area contributed by atoms with Gasteiger partial charge in [0.2, 0.25) is 0 Å². The Balaban J connectivity index is 4.55. The number of hydrogen-bond acceptors (Lipinski definition) is 3. The van der Waals surface area contributed by atoms with Gasteiger partial charge in [0.05, 0.1) is 12.7 Å². The third kappa shape index (κ3) is 4.79. The molecule has 0 heterocycles. The predicted octanol–water partition coefficient (Wildman–Crippen LogP) is 2.80. The summed E-state index contributed by atoms with van der Waals surface area (Å²) in [5.41, 5.74) is 0.650. The molecule has 0 fully saturated rings. The molecule has 0 aromatic heterocycles. The van der Waals surface area contributed by atoms with Crippen LogP contribution in [0.3, 0.4) is 0 Å². The summed E-state index contributed by atoms with van der Waals surface area (Å²) in [4.78, 5) is 11.4. The van der Waals surface area contributed by atoms with E-state index in [9.17, 15) is 4.79 Å². The quantitative estimate of drug-likeness (QED) is 0.518. The minimum atomic E-state index is -0.243. The SMILES string of the molecule is CCOC(=O)/C(C)=C/[C@@H](C)[C@@H](OC)C(C)C. The Morgan fingerprint density at radius 1 is 1.31 bits per heavy atom. The molecule has 94 valence electrons. The Morgan fingerprint density at radius 2 is 1.88 bits per heavy atom. The van der Waals surface area contributed by atoms with Crippen molar-refractivity contribution in [3.05, 3.63) is 11.6 Å². The fourth-order valence-corrected chi connectivity index (χ4v) is 1.90. The van der Waals surface area contributed by atoms with Crippen LogP contribution in [0.1, 0.15) is 34.6 Å². The molecule has 0 rings (SSSR count). The summed E-state index contributed by atoms with van der Waals surface area (Å²) in [6.07, 6.45) is 2.05. The highest BCUT2D eigenvalue weighted by Crippen LogP contribution is 2.18. The molecule has 2 atom stereocenters. The topological polar surface area (TPSA) is 35.5 Å². The third-order valence-electron chi connectivity index (χ3n) is 2.56. The van der Waals surface area contributed by atoms with Crippen LogP contribution in [0.5, 0.6) is 0 Å². The van der Waals surface area contributed by atoms with Gasteiger partial charge in [-0.3, -0.25) is 0 Å². The van der Waals surface area contributed by atoms with Crippen LogP contribution >= 0.6 is 0 Å². The third-order valence-corrected chi connectivity index (χ3v) is 2.56. The van der Waals surface area contributed by atoms with Gasteiger partial charge in [-0.15, -0.1) is 0 Å². The maximum Gasteiger partial charge on any atom is 0.333 e. The number of rotatable bonds is 6. The van der Waals surface area contributed by atoms with Crippen molar-refractivity contribution in [2.45, 2.75) is 40.7 Å². The summed E-state index contributed by atoms with van der Waals surface area (Å²) < 4.78 is 10.3. The minimum absolute atomic E-state index is 0.129. The molecule has 0 radical (unpaired) electrons. The van der Waals surface area contributed by atoms with Gasteiger partial charge in [0.25, 0.3) is 0 Å². The van der Waals surface area contributed by atoms with Gasteiger partial charge in [0, 0.05) is 18.6 Å². The van der Waals surface area contributed by atoms with Gasteiger partial charge in [-0.25, -0.2) is 4.79 Å². The van der Waals surface area contributed by atoms with Gasteiger partial charge in [-0.2, -0.15) is 0 Å². The second-order valence-corrected chi connectivity index (χ2v) is 4.37. The summed E-state index contributed by atoms with van der Waals surface area (Å²) in [6.45, 7) is 10.3. The predicted molar refractivity (Wildman–Crippen MR) is 65.2 cm³/mol. The molecular weight excluding hydrogens is 204 g/mol.